The van der Waals surface area contributed by atoms with Crippen LogP contribution in [-0.2, 0) is 10.0 Å². The van der Waals surface area contributed by atoms with Crippen LogP contribution in [0.2, 0.25) is 0 Å². The van der Waals surface area contributed by atoms with Crippen molar-refractivity contribution < 1.29 is 8.42 Å². The maximum Gasteiger partial charge on any atom is 0.208 e. The lowest BCUT2D eigenvalue weighted by Crippen LogP contribution is -2.41. The summed E-state index contributed by atoms with van der Waals surface area (Å²) in [5, 5.41) is 0. The van der Waals surface area contributed by atoms with Crippen molar-refractivity contribution in [3.63, 3.8) is 0 Å². The molecule has 0 unspecified atom stereocenters. The molecule has 0 atom stereocenters. The molecule has 12 heavy (non-hydrogen) atoms. The molecule has 0 radical (unpaired) electrons. The van der Waals surface area contributed by atoms with Gasteiger partial charge in [0.15, 0.2) is 0 Å². The summed E-state index contributed by atoms with van der Waals surface area (Å²) in [5.74, 6) is 0. The second-order valence-corrected chi connectivity index (χ2v) is 5.61. The molecule has 0 saturated heterocycles. The first-order valence-electron chi connectivity index (χ1n) is 3.40. The van der Waals surface area contributed by atoms with Crippen LogP contribution in [-0.4, -0.2) is 26.2 Å². The molecule has 0 amide bonds. The molecule has 0 aromatic rings. The third-order valence-corrected chi connectivity index (χ3v) is 2.66. The van der Waals surface area contributed by atoms with Gasteiger partial charge in [0.2, 0.25) is 10.0 Å². The number of sulfonamides is 1. The molecule has 0 saturated carbocycles. The Morgan fingerprint density at radius 1 is 1.58 bits per heavy atom. The second-order valence-electron chi connectivity index (χ2n) is 3.34. The van der Waals surface area contributed by atoms with Gasteiger partial charge in [-0.05, 0) is 0 Å². The van der Waals surface area contributed by atoms with Crippen molar-refractivity contribution >= 4 is 27.2 Å². The van der Waals surface area contributed by atoms with Crippen molar-refractivity contribution in [1.29, 1.82) is 0 Å². The molecule has 0 aliphatic heterocycles. The van der Waals surface area contributed by atoms with Gasteiger partial charge in [0, 0.05) is 12.0 Å². The van der Waals surface area contributed by atoms with Gasteiger partial charge in [0.1, 0.15) is 0 Å². The molecule has 4 nitrogen and oxygen atoms in total. The maximum atomic E-state index is 10.7. The lowest BCUT2D eigenvalue weighted by Gasteiger charge is -2.22. The fourth-order valence-corrected chi connectivity index (χ4v) is 1.09. The second kappa shape index (κ2) is 3.68. The van der Waals surface area contributed by atoms with Crippen LogP contribution in [0.25, 0.3) is 0 Å². The molecule has 0 aromatic carbocycles. The molecule has 72 valence electrons. The zero-order valence-corrected chi connectivity index (χ0v) is 9.05. The Balaban J connectivity index is 4.20. The van der Waals surface area contributed by atoms with E-state index in [1.54, 1.807) is 13.8 Å². The third kappa shape index (κ3) is 4.63. The monoisotopic (exact) mass is 210 g/mol. The molecule has 0 spiro atoms. The minimum absolute atomic E-state index is 0.237. The van der Waals surface area contributed by atoms with Crippen LogP contribution in [0.3, 0.4) is 0 Å². The number of hydrogen-bond donors (Lipinski definition) is 2. The molecule has 0 fully saturated rings. The molecule has 3 N–H and O–H groups in total. The summed E-state index contributed by atoms with van der Waals surface area (Å²) in [7, 11) is -3.16. The summed E-state index contributed by atoms with van der Waals surface area (Å²) in [5.41, 5.74) is 4.92. The quantitative estimate of drug-likeness (QED) is 0.633. The highest BCUT2D eigenvalue weighted by Crippen LogP contribution is 2.13. The lowest BCUT2D eigenvalue weighted by molar-refractivity contribution is 0.503. The van der Waals surface area contributed by atoms with Crippen molar-refractivity contribution in [3.8, 4) is 0 Å². The van der Waals surface area contributed by atoms with Crippen LogP contribution in [0.4, 0.5) is 0 Å². The highest BCUT2D eigenvalue weighted by molar-refractivity contribution is 7.88. The predicted molar refractivity (Wildman–Crippen MR) is 53.4 cm³/mol. The Bertz CT molecular complexity index is 269. The van der Waals surface area contributed by atoms with Crippen LogP contribution in [0, 0.1) is 5.41 Å². The number of nitrogens with two attached hydrogens (primary N) is 1. The van der Waals surface area contributed by atoms with E-state index < -0.39 is 15.4 Å². The maximum absolute atomic E-state index is 10.7. The Morgan fingerprint density at radius 2 is 2.00 bits per heavy atom. The normalized spacial score (nSPS) is 12.9. The molecule has 0 bridgehead atoms. The number of thiocarbonyl (C=S) groups is 1. The van der Waals surface area contributed by atoms with Crippen LogP contribution in [0.5, 0.6) is 0 Å². The first-order chi connectivity index (χ1) is 5.15. The molecule has 0 rings (SSSR count). The Kier molecular flexibility index (Phi) is 3.61. The molecular formula is C6H14N2O2S2. The van der Waals surface area contributed by atoms with Crippen molar-refractivity contribution in [1.82, 2.24) is 4.72 Å². The molecule has 0 aromatic heterocycles. The van der Waals surface area contributed by atoms with E-state index in [2.05, 4.69) is 4.72 Å². The smallest absolute Gasteiger partial charge is 0.208 e. The minimum atomic E-state index is -3.16. The van der Waals surface area contributed by atoms with E-state index in [0.29, 0.717) is 4.99 Å². The molecular weight excluding hydrogens is 196 g/mol. The fraction of sp³-hybridized carbons (Fsp3) is 0.833. The van der Waals surface area contributed by atoms with Gasteiger partial charge in [-0.15, -0.1) is 0 Å². The first-order valence-corrected chi connectivity index (χ1v) is 5.70. The van der Waals surface area contributed by atoms with Crippen LogP contribution < -0.4 is 10.5 Å². The topological polar surface area (TPSA) is 72.2 Å². The standard InChI is InChI=1S/C6H14N2O2S2/c1-6(2,5(7)11)4-8-12(3,9)10/h8H,4H2,1-3H3,(H2,7,11). The molecule has 0 heterocycles. The summed E-state index contributed by atoms with van der Waals surface area (Å²) < 4.78 is 23.8. The van der Waals surface area contributed by atoms with Gasteiger partial charge in [-0.3, -0.25) is 0 Å². The molecule has 0 aliphatic rings. The van der Waals surface area contributed by atoms with Crippen LogP contribution in [0.15, 0.2) is 0 Å². The average molecular weight is 210 g/mol. The van der Waals surface area contributed by atoms with Crippen molar-refractivity contribution in [2.24, 2.45) is 11.1 Å². The van der Waals surface area contributed by atoms with Crippen molar-refractivity contribution in [2.75, 3.05) is 12.8 Å². The molecule has 6 heteroatoms. The van der Waals surface area contributed by atoms with E-state index in [1.807, 2.05) is 0 Å². The zero-order valence-electron chi connectivity index (χ0n) is 7.42. The fourth-order valence-electron chi connectivity index (χ4n) is 0.399. The van der Waals surface area contributed by atoms with Gasteiger partial charge in [-0.2, -0.15) is 0 Å². The van der Waals surface area contributed by atoms with Gasteiger partial charge in [-0.1, -0.05) is 26.1 Å². The number of nitrogens with one attached hydrogen (secondary N) is 1. The Hall–Kier alpha value is -0.200. The van der Waals surface area contributed by atoms with E-state index in [-0.39, 0.29) is 6.54 Å². The highest BCUT2D eigenvalue weighted by Gasteiger charge is 2.22. The highest BCUT2D eigenvalue weighted by atomic mass is 32.2. The van der Waals surface area contributed by atoms with Gasteiger partial charge in [0.25, 0.3) is 0 Å². The van der Waals surface area contributed by atoms with Gasteiger partial charge in [0.05, 0.1) is 11.2 Å². The predicted octanol–water partition coefficient (Wildman–Crippen LogP) is -0.152. The van der Waals surface area contributed by atoms with E-state index in [0.717, 1.165) is 6.26 Å². The number of rotatable bonds is 4. The summed E-state index contributed by atoms with van der Waals surface area (Å²) >= 11 is 4.76. The minimum Gasteiger partial charge on any atom is -0.393 e. The summed E-state index contributed by atoms with van der Waals surface area (Å²) in [4.78, 5) is 0.304. The summed E-state index contributed by atoms with van der Waals surface area (Å²) in [6.07, 6.45) is 1.10. The third-order valence-electron chi connectivity index (χ3n) is 1.44. The SMILES string of the molecule is CC(C)(CNS(C)(=O)=O)C(N)=S. The van der Waals surface area contributed by atoms with Crippen molar-refractivity contribution in [2.45, 2.75) is 13.8 Å². The Morgan fingerprint density at radius 3 is 2.25 bits per heavy atom. The van der Waals surface area contributed by atoms with Crippen LogP contribution >= 0.6 is 12.2 Å². The van der Waals surface area contributed by atoms with Crippen LogP contribution in [0.1, 0.15) is 13.8 Å². The molecule has 0 aliphatic carbocycles. The van der Waals surface area contributed by atoms with E-state index in [4.69, 9.17) is 18.0 Å². The zero-order chi connectivity index (χ0) is 9.99. The number of hydrogen-bond acceptors (Lipinski definition) is 3. The van der Waals surface area contributed by atoms with Gasteiger partial charge in [-0.25, -0.2) is 13.1 Å². The average Bonchev–Trinajstić information content (AvgIpc) is 1.82. The van der Waals surface area contributed by atoms with Gasteiger partial charge < -0.3 is 5.73 Å². The van der Waals surface area contributed by atoms with Gasteiger partial charge >= 0.3 is 0 Å². The van der Waals surface area contributed by atoms with E-state index in [9.17, 15) is 8.42 Å². The van der Waals surface area contributed by atoms with E-state index in [1.165, 1.54) is 0 Å². The first kappa shape index (κ1) is 11.8. The lowest BCUT2D eigenvalue weighted by atomic mass is 9.94. The Labute approximate surface area is 78.6 Å². The summed E-state index contributed by atoms with van der Waals surface area (Å²) in [6.45, 7) is 3.81. The van der Waals surface area contributed by atoms with E-state index >= 15 is 0 Å². The van der Waals surface area contributed by atoms with Crippen molar-refractivity contribution in [3.05, 3.63) is 0 Å². The summed E-state index contributed by atoms with van der Waals surface area (Å²) in [6, 6.07) is 0. The largest absolute Gasteiger partial charge is 0.393 e.